The molecule has 25 heavy (non-hydrogen) atoms. The van der Waals surface area contributed by atoms with Gasteiger partial charge in [-0.05, 0) is 11.6 Å². The molecular weight excluding hydrogens is 391 g/mol. The number of sulfonamides is 1. The van der Waals surface area contributed by atoms with Gasteiger partial charge in [0.25, 0.3) is 5.69 Å². The van der Waals surface area contributed by atoms with Gasteiger partial charge in [-0.15, -0.1) is 0 Å². The molecule has 0 spiro atoms. The third kappa shape index (κ3) is 4.47. The van der Waals surface area contributed by atoms with E-state index in [9.17, 15) is 23.6 Å². The molecule has 2 aromatic carbocycles. The van der Waals surface area contributed by atoms with Crippen molar-refractivity contribution in [2.24, 2.45) is 0 Å². The van der Waals surface area contributed by atoms with Crippen molar-refractivity contribution >= 4 is 38.9 Å². The molecule has 0 amide bonds. The second kappa shape index (κ2) is 7.67. The Balaban J connectivity index is 2.51. The molecule has 0 radical (unpaired) electrons. The van der Waals surface area contributed by atoms with Gasteiger partial charge < -0.3 is 5.11 Å². The van der Waals surface area contributed by atoms with Crippen LogP contribution in [0.3, 0.4) is 0 Å². The normalized spacial score (nSPS) is 13.4. The molecule has 0 saturated heterocycles. The zero-order valence-corrected chi connectivity index (χ0v) is 15.0. The fraction of sp³-hybridized carbons (Fsp3) is 0.200. The summed E-state index contributed by atoms with van der Waals surface area (Å²) in [6, 6.07) is 11.8. The highest BCUT2D eigenvalue weighted by Crippen LogP contribution is 2.37. The minimum absolute atomic E-state index is 0.392. The number of nitro groups is 1. The van der Waals surface area contributed by atoms with Crippen LogP contribution in [0.4, 0.5) is 5.69 Å². The Morgan fingerprint density at radius 1 is 1.12 bits per heavy atom. The maximum absolute atomic E-state index is 12.7. The highest BCUT2D eigenvalue weighted by atomic mass is 35.5. The van der Waals surface area contributed by atoms with Gasteiger partial charge in [0, 0.05) is 6.07 Å². The predicted octanol–water partition coefficient (Wildman–Crippen LogP) is 2.78. The van der Waals surface area contributed by atoms with Gasteiger partial charge in [-0.1, -0.05) is 65.7 Å². The third-order valence-electron chi connectivity index (χ3n) is 3.39. The number of nitrogens with one attached hydrogen (secondary N) is 1. The maximum atomic E-state index is 12.7. The highest BCUT2D eigenvalue weighted by molar-refractivity contribution is 7.89. The lowest BCUT2D eigenvalue weighted by atomic mass is 10.0. The summed E-state index contributed by atoms with van der Waals surface area (Å²) in [7, 11) is -4.35. The number of hydrogen-bond donors (Lipinski definition) is 2. The van der Waals surface area contributed by atoms with Crippen molar-refractivity contribution < 1.29 is 18.4 Å². The van der Waals surface area contributed by atoms with Crippen LogP contribution in [0.2, 0.25) is 0 Å². The molecule has 0 aromatic heterocycles. The van der Waals surface area contributed by atoms with E-state index in [-0.39, 0.29) is 0 Å². The van der Waals surface area contributed by atoms with Crippen LogP contribution in [0, 0.1) is 10.1 Å². The number of benzene rings is 2. The Bertz CT molecular complexity index is 859. The summed E-state index contributed by atoms with van der Waals surface area (Å²) in [5.74, 6) is 0. The Labute approximate surface area is 154 Å². The first-order valence-corrected chi connectivity index (χ1v) is 9.22. The summed E-state index contributed by atoms with van der Waals surface area (Å²) >= 11 is 12.1. The van der Waals surface area contributed by atoms with Crippen LogP contribution >= 0.6 is 23.2 Å². The van der Waals surface area contributed by atoms with Gasteiger partial charge in [0.2, 0.25) is 10.0 Å². The summed E-state index contributed by atoms with van der Waals surface area (Å²) in [5.41, 5.74) is -0.190. The van der Waals surface area contributed by atoms with Crippen molar-refractivity contribution in [3.63, 3.8) is 0 Å². The molecule has 7 nitrogen and oxygen atoms in total. The van der Waals surface area contributed by atoms with Crippen molar-refractivity contribution in [2.45, 2.75) is 15.3 Å². The second-order valence-corrected chi connectivity index (χ2v) is 8.33. The smallest absolute Gasteiger partial charge is 0.289 e. The van der Waals surface area contributed by atoms with E-state index in [2.05, 4.69) is 4.72 Å². The molecule has 0 aliphatic heterocycles. The van der Waals surface area contributed by atoms with Gasteiger partial charge in [-0.25, -0.2) is 13.1 Å². The van der Waals surface area contributed by atoms with E-state index in [4.69, 9.17) is 23.2 Å². The Morgan fingerprint density at radius 3 is 2.24 bits per heavy atom. The summed E-state index contributed by atoms with van der Waals surface area (Å²) in [5, 5.41) is 20.5. The highest BCUT2D eigenvalue weighted by Gasteiger charge is 2.40. The van der Waals surface area contributed by atoms with Crippen LogP contribution in [0.5, 0.6) is 0 Å². The monoisotopic (exact) mass is 404 g/mol. The molecule has 0 saturated carbocycles. The number of nitrogens with zero attached hydrogens (tertiary/aromatic N) is 1. The number of halogens is 2. The molecule has 2 N–H and O–H groups in total. The third-order valence-corrected chi connectivity index (χ3v) is 5.54. The molecule has 2 rings (SSSR count). The van der Waals surface area contributed by atoms with E-state index in [1.54, 1.807) is 30.3 Å². The first-order chi connectivity index (χ1) is 11.7. The number of alkyl halides is 2. The Morgan fingerprint density at radius 2 is 1.68 bits per heavy atom. The number of aliphatic hydroxyl groups is 1. The van der Waals surface area contributed by atoms with E-state index in [1.807, 2.05) is 0 Å². The van der Waals surface area contributed by atoms with Crippen LogP contribution in [-0.4, -0.2) is 29.4 Å². The van der Waals surface area contributed by atoms with Gasteiger partial charge in [-0.3, -0.25) is 10.1 Å². The molecular formula is C15H14Cl2N2O5S. The zero-order valence-electron chi connectivity index (χ0n) is 12.7. The summed E-state index contributed by atoms with van der Waals surface area (Å²) in [6.07, 6.45) is 0. The number of para-hydroxylation sites is 1. The SMILES string of the molecule is O=[N+]([O-])c1ccccc1S(=O)(=O)NC(c1ccccc1)C(Cl)(Cl)CO. The first-order valence-electron chi connectivity index (χ1n) is 6.98. The van der Waals surface area contributed by atoms with Gasteiger partial charge >= 0.3 is 0 Å². The van der Waals surface area contributed by atoms with Gasteiger partial charge in [0.1, 0.15) is 0 Å². The van der Waals surface area contributed by atoms with E-state index in [0.717, 1.165) is 12.1 Å². The molecule has 0 heterocycles. The van der Waals surface area contributed by atoms with Crippen molar-refractivity contribution in [1.29, 1.82) is 0 Å². The van der Waals surface area contributed by atoms with E-state index in [1.165, 1.54) is 12.1 Å². The molecule has 10 heteroatoms. The summed E-state index contributed by atoms with van der Waals surface area (Å²) in [6.45, 7) is -0.741. The van der Waals surface area contributed by atoms with Gasteiger partial charge in [0.05, 0.1) is 17.6 Å². The molecule has 0 fully saturated rings. The summed E-state index contributed by atoms with van der Waals surface area (Å²) < 4.78 is 25.8. The van der Waals surface area contributed by atoms with E-state index < -0.39 is 42.5 Å². The lowest BCUT2D eigenvalue weighted by Gasteiger charge is -2.29. The van der Waals surface area contributed by atoms with Crippen molar-refractivity contribution in [2.75, 3.05) is 6.61 Å². The van der Waals surface area contributed by atoms with Crippen molar-refractivity contribution in [1.82, 2.24) is 4.72 Å². The molecule has 0 aliphatic rings. The van der Waals surface area contributed by atoms with E-state index in [0.29, 0.717) is 5.56 Å². The fourth-order valence-corrected chi connectivity index (χ4v) is 4.13. The number of hydrogen-bond acceptors (Lipinski definition) is 5. The van der Waals surface area contributed by atoms with Crippen LogP contribution in [-0.2, 0) is 10.0 Å². The quantitative estimate of drug-likeness (QED) is 0.418. The average Bonchev–Trinajstić information content (AvgIpc) is 2.60. The molecule has 0 aliphatic carbocycles. The lowest BCUT2D eigenvalue weighted by Crippen LogP contribution is -2.41. The topological polar surface area (TPSA) is 110 Å². The Kier molecular flexibility index (Phi) is 6.02. The van der Waals surface area contributed by atoms with Gasteiger partial charge in [0.15, 0.2) is 9.23 Å². The maximum Gasteiger partial charge on any atom is 0.289 e. The van der Waals surface area contributed by atoms with Crippen LogP contribution in [0.25, 0.3) is 0 Å². The fourth-order valence-electron chi connectivity index (χ4n) is 2.19. The minimum Gasteiger partial charge on any atom is -0.393 e. The molecule has 134 valence electrons. The van der Waals surface area contributed by atoms with E-state index >= 15 is 0 Å². The minimum atomic E-state index is -4.35. The predicted molar refractivity (Wildman–Crippen MR) is 94.1 cm³/mol. The summed E-state index contributed by atoms with van der Waals surface area (Å²) in [4.78, 5) is 9.77. The number of rotatable bonds is 7. The van der Waals surface area contributed by atoms with Gasteiger partial charge in [-0.2, -0.15) is 0 Å². The number of nitro benzene ring substituents is 1. The van der Waals surface area contributed by atoms with Crippen LogP contribution in [0.1, 0.15) is 11.6 Å². The zero-order chi connectivity index (χ0) is 18.7. The lowest BCUT2D eigenvalue weighted by molar-refractivity contribution is -0.387. The average molecular weight is 405 g/mol. The molecule has 0 bridgehead atoms. The standard InChI is InChI=1S/C15H14Cl2N2O5S/c16-15(17,10-20)14(11-6-2-1-3-7-11)18-25(23,24)13-9-5-4-8-12(13)19(21)22/h1-9,14,18,20H,10H2. The molecule has 1 atom stereocenters. The molecule has 2 aromatic rings. The van der Waals surface area contributed by atoms with Crippen molar-refractivity contribution in [3.8, 4) is 0 Å². The Hall–Kier alpha value is -1.71. The number of aliphatic hydroxyl groups excluding tert-OH is 1. The van der Waals surface area contributed by atoms with Crippen LogP contribution in [0.15, 0.2) is 59.5 Å². The first kappa shape index (κ1) is 19.6. The molecule has 1 unspecified atom stereocenters. The van der Waals surface area contributed by atoms with Crippen LogP contribution < -0.4 is 4.72 Å². The second-order valence-electron chi connectivity index (χ2n) is 5.11. The largest absolute Gasteiger partial charge is 0.393 e. The van der Waals surface area contributed by atoms with Crippen molar-refractivity contribution in [3.05, 3.63) is 70.3 Å².